The first-order chi connectivity index (χ1) is 9.28. The summed E-state index contributed by atoms with van der Waals surface area (Å²) in [5.74, 6) is 0.423. The summed E-state index contributed by atoms with van der Waals surface area (Å²) in [6, 6.07) is 0.433. The van der Waals surface area contributed by atoms with E-state index in [4.69, 9.17) is 0 Å². The van der Waals surface area contributed by atoms with E-state index in [2.05, 4.69) is 5.32 Å². The zero-order valence-electron chi connectivity index (χ0n) is 11.1. The molecule has 2 heterocycles. The Hall–Kier alpha value is -0.380. The van der Waals surface area contributed by atoms with E-state index >= 15 is 0 Å². The molecule has 0 saturated carbocycles. The first kappa shape index (κ1) is 16.0. The van der Waals surface area contributed by atoms with Crippen LogP contribution in [0, 0.1) is 5.92 Å². The molecule has 9 heteroatoms. The van der Waals surface area contributed by atoms with Crippen molar-refractivity contribution in [3.05, 3.63) is 0 Å². The van der Waals surface area contributed by atoms with Crippen LogP contribution in [0.2, 0.25) is 0 Å². The molecule has 1 atom stereocenters. The number of piperidine rings is 1. The van der Waals surface area contributed by atoms with Gasteiger partial charge in [-0.1, -0.05) is 0 Å². The minimum absolute atomic E-state index is 0.288. The van der Waals surface area contributed by atoms with Gasteiger partial charge in [-0.05, 0) is 38.1 Å². The third kappa shape index (κ3) is 4.31. The molecule has 2 N–H and O–H groups in total. The van der Waals surface area contributed by atoms with Crippen LogP contribution in [-0.2, 0) is 10.2 Å². The fraction of sp³-hybridized carbons (Fsp3) is 1.00. The second-order valence-electron chi connectivity index (χ2n) is 5.38. The number of halogens is 3. The zero-order chi connectivity index (χ0) is 14.8. The molecule has 0 aromatic carbocycles. The van der Waals surface area contributed by atoms with Gasteiger partial charge in [0.2, 0.25) is 0 Å². The van der Waals surface area contributed by atoms with Crippen LogP contribution in [0.4, 0.5) is 13.2 Å². The van der Waals surface area contributed by atoms with Gasteiger partial charge >= 0.3 is 6.18 Å². The monoisotopic (exact) mass is 315 g/mol. The Bertz CT molecular complexity index is 413. The molecule has 0 spiro atoms. The summed E-state index contributed by atoms with van der Waals surface area (Å²) in [7, 11) is -4.02. The van der Waals surface area contributed by atoms with Crippen LogP contribution < -0.4 is 10.0 Å². The Morgan fingerprint density at radius 1 is 1.20 bits per heavy atom. The lowest BCUT2D eigenvalue weighted by atomic mass is 9.89. The molecule has 0 bridgehead atoms. The van der Waals surface area contributed by atoms with Crippen LogP contribution in [0.5, 0.6) is 0 Å². The van der Waals surface area contributed by atoms with E-state index in [-0.39, 0.29) is 13.1 Å². The van der Waals surface area contributed by atoms with E-state index in [1.165, 1.54) is 0 Å². The summed E-state index contributed by atoms with van der Waals surface area (Å²) in [6.45, 7) is 0.0574. The molecule has 1 unspecified atom stereocenters. The highest BCUT2D eigenvalue weighted by Gasteiger charge is 2.35. The summed E-state index contributed by atoms with van der Waals surface area (Å²) in [5, 5.41) is 3.39. The van der Waals surface area contributed by atoms with Crippen molar-refractivity contribution >= 4 is 10.2 Å². The lowest BCUT2D eigenvalue weighted by molar-refractivity contribution is -0.121. The molecule has 2 aliphatic heterocycles. The number of alkyl halides is 3. The van der Waals surface area contributed by atoms with E-state index in [1.807, 2.05) is 0 Å². The van der Waals surface area contributed by atoms with Gasteiger partial charge in [-0.25, -0.2) is 0 Å². The van der Waals surface area contributed by atoms with Crippen molar-refractivity contribution < 1.29 is 21.6 Å². The molecule has 2 aliphatic rings. The van der Waals surface area contributed by atoms with Crippen molar-refractivity contribution in [3.63, 3.8) is 0 Å². The van der Waals surface area contributed by atoms with Gasteiger partial charge in [0.15, 0.2) is 0 Å². The predicted molar refractivity (Wildman–Crippen MR) is 68.3 cm³/mol. The number of hydrogen-bond donors (Lipinski definition) is 2. The van der Waals surface area contributed by atoms with E-state index in [0.29, 0.717) is 24.8 Å². The second-order valence-corrected chi connectivity index (χ2v) is 7.14. The Kier molecular flexibility index (Phi) is 4.93. The topological polar surface area (TPSA) is 61.4 Å². The van der Waals surface area contributed by atoms with Crippen LogP contribution >= 0.6 is 0 Å². The fourth-order valence-electron chi connectivity index (χ4n) is 2.90. The van der Waals surface area contributed by atoms with Crippen LogP contribution in [0.3, 0.4) is 0 Å². The molecule has 2 fully saturated rings. The van der Waals surface area contributed by atoms with Gasteiger partial charge in [-0.15, -0.1) is 0 Å². The average Bonchev–Trinajstić information content (AvgIpc) is 2.90. The van der Waals surface area contributed by atoms with E-state index in [1.54, 1.807) is 4.72 Å². The highest BCUT2D eigenvalue weighted by atomic mass is 32.2. The van der Waals surface area contributed by atoms with Crippen LogP contribution in [0.1, 0.15) is 25.7 Å². The number of nitrogens with zero attached hydrogens (tertiary/aromatic N) is 1. The van der Waals surface area contributed by atoms with Crippen molar-refractivity contribution in [3.8, 4) is 0 Å². The molecular weight excluding hydrogens is 295 g/mol. The number of hydrogen-bond acceptors (Lipinski definition) is 3. The summed E-state index contributed by atoms with van der Waals surface area (Å²) >= 11 is 0. The summed E-state index contributed by atoms with van der Waals surface area (Å²) in [5.41, 5.74) is 0. The van der Waals surface area contributed by atoms with E-state index in [0.717, 1.165) is 23.7 Å². The van der Waals surface area contributed by atoms with Crippen LogP contribution in [0.15, 0.2) is 0 Å². The Labute approximate surface area is 117 Å². The Morgan fingerprint density at radius 3 is 2.35 bits per heavy atom. The first-order valence-corrected chi connectivity index (χ1v) is 8.27. The minimum atomic E-state index is -4.53. The molecule has 2 saturated heterocycles. The Balaban J connectivity index is 1.83. The molecule has 0 aromatic heterocycles. The molecule has 0 radical (unpaired) electrons. The summed E-state index contributed by atoms with van der Waals surface area (Å²) in [6.07, 6.45) is -0.894. The maximum Gasteiger partial charge on any atom is 0.402 e. The SMILES string of the molecule is O=S(=O)(NCC(F)(F)F)N1CCC(C2CCCN2)CC1. The standard InChI is InChI=1S/C11H20F3N3O2S/c12-11(13,14)8-16-20(18,19)17-6-3-9(4-7-17)10-2-1-5-15-10/h9-10,15-16H,1-8H2. The smallest absolute Gasteiger partial charge is 0.314 e. The molecule has 2 rings (SSSR count). The molecule has 5 nitrogen and oxygen atoms in total. The van der Waals surface area contributed by atoms with Gasteiger partial charge in [0, 0.05) is 19.1 Å². The molecule has 0 aliphatic carbocycles. The lowest BCUT2D eigenvalue weighted by Crippen LogP contribution is -2.49. The number of nitrogens with one attached hydrogen (secondary N) is 2. The van der Waals surface area contributed by atoms with Gasteiger partial charge in [-0.2, -0.15) is 30.6 Å². The number of rotatable bonds is 4. The third-order valence-corrected chi connectivity index (χ3v) is 5.52. The quantitative estimate of drug-likeness (QED) is 0.808. The van der Waals surface area contributed by atoms with Crippen molar-refractivity contribution in [2.75, 3.05) is 26.2 Å². The zero-order valence-corrected chi connectivity index (χ0v) is 11.9. The van der Waals surface area contributed by atoms with E-state index in [9.17, 15) is 21.6 Å². The molecule has 118 valence electrons. The van der Waals surface area contributed by atoms with Gasteiger partial charge in [0.25, 0.3) is 10.2 Å². The molecule has 0 amide bonds. The van der Waals surface area contributed by atoms with Gasteiger partial charge < -0.3 is 5.32 Å². The Morgan fingerprint density at radius 2 is 1.85 bits per heavy atom. The van der Waals surface area contributed by atoms with Gasteiger partial charge in [0.05, 0.1) is 0 Å². The maximum atomic E-state index is 12.1. The van der Waals surface area contributed by atoms with Crippen LogP contribution in [-0.4, -0.2) is 51.1 Å². The van der Waals surface area contributed by atoms with Crippen molar-refractivity contribution in [2.45, 2.75) is 37.9 Å². The molecule has 0 aromatic rings. The highest BCUT2D eigenvalue weighted by Crippen LogP contribution is 2.26. The van der Waals surface area contributed by atoms with Crippen LogP contribution in [0.25, 0.3) is 0 Å². The maximum absolute atomic E-state index is 12.1. The second kappa shape index (κ2) is 6.17. The normalized spacial score (nSPS) is 27.1. The summed E-state index contributed by atoms with van der Waals surface area (Å²) < 4.78 is 62.4. The minimum Gasteiger partial charge on any atom is -0.314 e. The van der Waals surface area contributed by atoms with Crippen molar-refractivity contribution in [1.29, 1.82) is 0 Å². The third-order valence-electron chi connectivity index (χ3n) is 3.96. The van der Waals surface area contributed by atoms with E-state index < -0.39 is 22.9 Å². The first-order valence-electron chi connectivity index (χ1n) is 6.83. The average molecular weight is 315 g/mol. The molecular formula is C11H20F3N3O2S. The van der Waals surface area contributed by atoms with Gasteiger partial charge in [0.1, 0.15) is 6.54 Å². The lowest BCUT2D eigenvalue weighted by Gasteiger charge is -2.34. The fourth-order valence-corrected chi connectivity index (χ4v) is 4.12. The van der Waals surface area contributed by atoms with Crippen molar-refractivity contribution in [1.82, 2.24) is 14.3 Å². The largest absolute Gasteiger partial charge is 0.402 e. The van der Waals surface area contributed by atoms with Gasteiger partial charge in [-0.3, -0.25) is 0 Å². The predicted octanol–water partition coefficient (Wildman–Crippen LogP) is 0.847. The van der Waals surface area contributed by atoms with Crippen molar-refractivity contribution in [2.24, 2.45) is 5.92 Å². The summed E-state index contributed by atoms with van der Waals surface area (Å²) in [4.78, 5) is 0. The highest BCUT2D eigenvalue weighted by molar-refractivity contribution is 7.87. The molecule has 20 heavy (non-hydrogen) atoms.